The Kier molecular flexibility index (Phi) is 1.13. The van der Waals surface area contributed by atoms with Gasteiger partial charge in [0.25, 0.3) is 0 Å². The standard InChI is InChI=1S/C8H9NO/c10-8-5-1-3-7-4-2-6-9(7)8/h2-4H,1,5-6H2. The van der Waals surface area contributed by atoms with Gasteiger partial charge in [0.05, 0.1) is 0 Å². The second-order valence-corrected chi connectivity index (χ2v) is 2.57. The molecule has 0 unspecified atom stereocenters. The molecule has 0 fully saturated rings. The highest BCUT2D eigenvalue weighted by Gasteiger charge is 2.21. The van der Waals surface area contributed by atoms with E-state index in [1.54, 1.807) is 0 Å². The molecule has 0 radical (unpaired) electrons. The number of nitrogens with zero attached hydrogens (tertiary/aromatic N) is 1. The molecule has 2 rings (SSSR count). The van der Waals surface area contributed by atoms with Crippen LogP contribution in [0.25, 0.3) is 0 Å². The fraction of sp³-hybridized carbons (Fsp3) is 0.375. The van der Waals surface area contributed by atoms with Crippen LogP contribution in [0, 0.1) is 0 Å². The van der Waals surface area contributed by atoms with Crippen molar-refractivity contribution in [3.63, 3.8) is 0 Å². The minimum absolute atomic E-state index is 0.266. The molecule has 0 bridgehead atoms. The summed E-state index contributed by atoms with van der Waals surface area (Å²) in [5.41, 5.74) is 1.09. The van der Waals surface area contributed by atoms with Gasteiger partial charge in [-0.05, 0) is 12.5 Å². The lowest BCUT2D eigenvalue weighted by molar-refractivity contribution is -0.128. The van der Waals surface area contributed by atoms with Gasteiger partial charge in [0.2, 0.25) is 5.91 Å². The maximum absolute atomic E-state index is 11.1. The van der Waals surface area contributed by atoms with E-state index in [1.165, 1.54) is 0 Å². The average molecular weight is 135 g/mol. The van der Waals surface area contributed by atoms with Crippen LogP contribution in [-0.2, 0) is 4.79 Å². The van der Waals surface area contributed by atoms with Gasteiger partial charge in [-0.2, -0.15) is 0 Å². The molecule has 0 aromatic carbocycles. The average Bonchev–Trinajstić information content (AvgIpc) is 2.36. The van der Waals surface area contributed by atoms with Crippen LogP contribution in [0.1, 0.15) is 12.8 Å². The van der Waals surface area contributed by atoms with E-state index >= 15 is 0 Å². The van der Waals surface area contributed by atoms with Crippen molar-refractivity contribution in [2.45, 2.75) is 12.8 Å². The van der Waals surface area contributed by atoms with Crippen molar-refractivity contribution < 1.29 is 4.79 Å². The number of rotatable bonds is 0. The van der Waals surface area contributed by atoms with E-state index in [-0.39, 0.29) is 5.91 Å². The summed E-state index contributed by atoms with van der Waals surface area (Å²) >= 11 is 0. The molecule has 0 aliphatic carbocycles. The highest BCUT2D eigenvalue weighted by atomic mass is 16.2. The van der Waals surface area contributed by atoms with Crippen molar-refractivity contribution in [1.82, 2.24) is 4.90 Å². The molecule has 0 saturated carbocycles. The van der Waals surface area contributed by atoms with Crippen molar-refractivity contribution in [3.05, 3.63) is 23.9 Å². The van der Waals surface area contributed by atoms with Crippen LogP contribution in [-0.4, -0.2) is 17.4 Å². The summed E-state index contributed by atoms with van der Waals surface area (Å²) in [5.74, 6) is 0.266. The smallest absolute Gasteiger partial charge is 0.227 e. The summed E-state index contributed by atoms with van der Waals surface area (Å²) in [6, 6.07) is 0. The summed E-state index contributed by atoms with van der Waals surface area (Å²) in [5, 5.41) is 0. The SMILES string of the molecule is O=C1CCC=C2C=CCN12. The van der Waals surface area contributed by atoms with E-state index in [0.717, 1.165) is 18.7 Å². The van der Waals surface area contributed by atoms with Crippen molar-refractivity contribution in [3.8, 4) is 0 Å². The summed E-state index contributed by atoms with van der Waals surface area (Å²) in [6.07, 6.45) is 7.75. The van der Waals surface area contributed by atoms with Gasteiger partial charge in [-0.1, -0.05) is 12.2 Å². The molecule has 0 atom stereocenters. The molecule has 2 aliphatic heterocycles. The number of allylic oxidation sites excluding steroid dienone is 2. The van der Waals surface area contributed by atoms with E-state index < -0.39 is 0 Å². The molecule has 10 heavy (non-hydrogen) atoms. The van der Waals surface area contributed by atoms with Crippen LogP contribution in [0.3, 0.4) is 0 Å². The van der Waals surface area contributed by atoms with Crippen LogP contribution in [0.2, 0.25) is 0 Å². The van der Waals surface area contributed by atoms with Gasteiger partial charge in [-0.15, -0.1) is 0 Å². The van der Waals surface area contributed by atoms with Crippen LogP contribution >= 0.6 is 0 Å². The third-order valence-corrected chi connectivity index (χ3v) is 1.90. The fourth-order valence-corrected chi connectivity index (χ4v) is 1.38. The van der Waals surface area contributed by atoms with Crippen LogP contribution in [0.4, 0.5) is 0 Å². The van der Waals surface area contributed by atoms with E-state index in [4.69, 9.17) is 0 Å². The molecular weight excluding hydrogens is 126 g/mol. The fourth-order valence-electron chi connectivity index (χ4n) is 1.38. The summed E-state index contributed by atoms with van der Waals surface area (Å²) in [4.78, 5) is 12.9. The van der Waals surface area contributed by atoms with Crippen LogP contribution in [0.5, 0.6) is 0 Å². The number of fused-ring (bicyclic) bond motifs is 1. The molecule has 0 aromatic rings. The van der Waals surface area contributed by atoms with Gasteiger partial charge in [0, 0.05) is 18.7 Å². The second kappa shape index (κ2) is 1.97. The molecule has 0 N–H and O–H groups in total. The molecule has 2 aliphatic rings. The molecule has 1 amide bonds. The summed E-state index contributed by atoms with van der Waals surface area (Å²) in [7, 11) is 0. The predicted octanol–water partition coefficient (Wildman–Crippen LogP) is 1.06. The van der Waals surface area contributed by atoms with Crippen molar-refractivity contribution in [1.29, 1.82) is 0 Å². The lowest BCUT2D eigenvalue weighted by atomic mass is 10.2. The first-order chi connectivity index (χ1) is 4.88. The first-order valence-electron chi connectivity index (χ1n) is 3.55. The number of hydrogen-bond acceptors (Lipinski definition) is 1. The van der Waals surface area contributed by atoms with E-state index in [2.05, 4.69) is 6.08 Å². The first-order valence-corrected chi connectivity index (χ1v) is 3.55. The molecule has 2 nitrogen and oxygen atoms in total. The molecule has 0 spiro atoms. The number of carbonyl (C=O) groups is 1. The molecule has 2 heteroatoms. The number of carbonyl (C=O) groups excluding carboxylic acids is 1. The van der Waals surface area contributed by atoms with Gasteiger partial charge in [-0.3, -0.25) is 4.79 Å². The minimum atomic E-state index is 0.266. The Hall–Kier alpha value is -1.05. The molecule has 0 aromatic heterocycles. The third-order valence-electron chi connectivity index (χ3n) is 1.90. The van der Waals surface area contributed by atoms with Gasteiger partial charge in [0.15, 0.2) is 0 Å². The maximum Gasteiger partial charge on any atom is 0.227 e. The zero-order chi connectivity index (χ0) is 6.97. The summed E-state index contributed by atoms with van der Waals surface area (Å²) < 4.78 is 0. The molecular formula is C8H9NO. The zero-order valence-electron chi connectivity index (χ0n) is 5.71. The lowest BCUT2D eigenvalue weighted by Gasteiger charge is -2.21. The Labute approximate surface area is 59.8 Å². The van der Waals surface area contributed by atoms with Gasteiger partial charge in [0.1, 0.15) is 0 Å². The van der Waals surface area contributed by atoms with Crippen LogP contribution < -0.4 is 0 Å². The lowest BCUT2D eigenvalue weighted by Crippen LogP contribution is -2.28. The van der Waals surface area contributed by atoms with Gasteiger partial charge in [-0.25, -0.2) is 0 Å². The minimum Gasteiger partial charge on any atom is -0.309 e. The first kappa shape index (κ1) is 5.71. The van der Waals surface area contributed by atoms with E-state index in [1.807, 2.05) is 17.1 Å². The normalized spacial score (nSPS) is 23.0. The van der Waals surface area contributed by atoms with E-state index in [0.29, 0.717) is 6.42 Å². The molecule has 52 valence electrons. The number of hydrogen-bond donors (Lipinski definition) is 0. The topological polar surface area (TPSA) is 20.3 Å². The van der Waals surface area contributed by atoms with Crippen molar-refractivity contribution in [2.24, 2.45) is 0 Å². The monoisotopic (exact) mass is 135 g/mol. The largest absolute Gasteiger partial charge is 0.309 e. The number of amides is 1. The second-order valence-electron chi connectivity index (χ2n) is 2.57. The Bertz CT molecular complexity index is 227. The Morgan fingerprint density at radius 3 is 3.20 bits per heavy atom. The summed E-state index contributed by atoms with van der Waals surface area (Å²) in [6.45, 7) is 0.782. The predicted molar refractivity (Wildman–Crippen MR) is 38.2 cm³/mol. The van der Waals surface area contributed by atoms with Gasteiger partial charge < -0.3 is 4.90 Å². The molecule has 2 heterocycles. The third kappa shape index (κ3) is 0.685. The zero-order valence-corrected chi connectivity index (χ0v) is 5.71. The Balaban J connectivity index is 2.32. The van der Waals surface area contributed by atoms with Gasteiger partial charge >= 0.3 is 0 Å². The Morgan fingerprint density at radius 1 is 1.50 bits per heavy atom. The highest BCUT2D eigenvalue weighted by molar-refractivity contribution is 5.81. The maximum atomic E-state index is 11.1. The van der Waals surface area contributed by atoms with Crippen molar-refractivity contribution in [2.75, 3.05) is 6.54 Å². The highest BCUT2D eigenvalue weighted by Crippen LogP contribution is 2.20. The van der Waals surface area contributed by atoms with Crippen LogP contribution in [0.15, 0.2) is 23.9 Å². The van der Waals surface area contributed by atoms with E-state index in [9.17, 15) is 4.79 Å². The quantitative estimate of drug-likeness (QED) is 0.486. The molecule has 0 saturated heterocycles. The Morgan fingerprint density at radius 2 is 2.40 bits per heavy atom. The van der Waals surface area contributed by atoms with Crippen molar-refractivity contribution >= 4 is 5.91 Å².